The van der Waals surface area contributed by atoms with Crippen LogP contribution in [0.4, 0.5) is 0 Å². The quantitative estimate of drug-likeness (QED) is 0.431. The van der Waals surface area contributed by atoms with Gasteiger partial charge in [-0.2, -0.15) is 0 Å². The molecule has 0 aromatic heterocycles. The van der Waals surface area contributed by atoms with Crippen molar-refractivity contribution in [2.24, 2.45) is 5.92 Å². The Hall–Kier alpha value is 0.930. The largest absolute Gasteiger partial charge is 2.00 e. The fraction of sp³-hybridized carbons (Fsp3) is 0.833. The van der Waals surface area contributed by atoms with E-state index in [1.807, 2.05) is 6.92 Å². The van der Waals surface area contributed by atoms with E-state index in [0.29, 0.717) is 0 Å². The van der Waals surface area contributed by atoms with Crippen molar-refractivity contribution < 1.29 is 7.65 Å². The van der Waals surface area contributed by atoms with Gasteiger partial charge in [0.05, 0.1) is 0 Å². The van der Waals surface area contributed by atoms with Gasteiger partial charge in [-0.3, -0.25) is 0 Å². The molecular weight excluding hydrogens is 128 g/mol. The molecule has 2 heteroatoms. The Morgan fingerprint density at radius 2 is 2.25 bits per heavy atom. The van der Waals surface area contributed by atoms with Crippen molar-refractivity contribution in [1.29, 1.82) is 0 Å². The van der Waals surface area contributed by atoms with Crippen LogP contribution in [0.1, 0.15) is 29.5 Å². The zero-order chi connectivity index (χ0) is 5.70. The first kappa shape index (κ1) is 11.7. The van der Waals surface area contributed by atoms with E-state index in [0.717, 1.165) is 19.1 Å². The standard InChI is InChI=1S/C6H12O.Ca.2H/c1-3-4-6(2)5-7;;;/h5-6H,3-4H2,1-2H3;;;/q;+2;2*-1. The van der Waals surface area contributed by atoms with Crippen molar-refractivity contribution >= 4 is 44.0 Å². The molecule has 1 atom stereocenters. The van der Waals surface area contributed by atoms with Gasteiger partial charge in [-0.1, -0.05) is 20.3 Å². The van der Waals surface area contributed by atoms with E-state index >= 15 is 0 Å². The van der Waals surface area contributed by atoms with Crippen molar-refractivity contribution in [3.8, 4) is 0 Å². The van der Waals surface area contributed by atoms with E-state index in [1.54, 1.807) is 0 Å². The monoisotopic (exact) mass is 142 g/mol. The molecule has 0 amide bonds. The Bertz CT molecular complexity index is 61.7. The number of carbonyl (C=O) groups is 1. The topological polar surface area (TPSA) is 17.1 Å². The number of hydrogen-bond donors (Lipinski definition) is 0. The first-order valence-electron chi connectivity index (χ1n) is 2.76. The van der Waals surface area contributed by atoms with Gasteiger partial charge in [-0.15, -0.1) is 0 Å². The predicted octanol–water partition coefficient (Wildman–Crippen LogP) is 1.47. The van der Waals surface area contributed by atoms with Gasteiger partial charge in [-0.25, -0.2) is 0 Å². The predicted molar refractivity (Wildman–Crippen MR) is 38.1 cm³/mol. The fourth-order valence-corrected chi connectivity index (χ4v) is 0.523. The van der Waals surface area contributed by atoms with Crippen LogP contribution in [0.2, 0.25) is 0 Å². The van der Waals surface area contributed by atoms with Crippen molar-refractivity contribution in [3.63, 3.8) is 0 Å². The molecule has 0 radical (unpaired) electrons. The van der Waals surface area contributed by atoms with Crippen LogP contribution in [0.5, 0.6) is 0 Å². The summed E-state index contributed by atoms with van der Waals surface area (Å²) in [7, 11) is 0. The average molecular weight is 142 g/mol. The Balaban J connectivity index is -0.0000000600. The molecule has 0 aliphatic carbocycles. The fourth-order valence-electron chi connectivity index (χ4n) is 0.523. The van der Waals surface area contributed by atoms with E-state index < -0.39 is 0 Å². The molecule has 1 unspecified atom stereocenters. The van der Waals surface area contributed by atoms with Gasteiger partial charge in [0.25, 0.3) is 0 Å². The minimum absolute atomic E-state index is 0. The Kier molecular flexibility index (Phi) is 11.6. The normalized spacial score (nSPS) is 11.8. The second-order valence-electron chi connectivity index (χ2n) is 1.90. The van der Waals surface area contributed by atoms with Gasteiger partial charge in [0, 0.05) is 5.92 Å². The summed E-state index contributed by atoms with van der Waals surface area (Å²) in [5, 5.41) is 0. The summed E-state index contributed by atoms with van der Waals surface area (Å²) in [6, 6.07) is 0. The molecule has 0 heterocycles. The van der Waals surface area contributed by atoms with Gasteiger partial charge in [-0.05, 0) is 6.42 Å². The second kappa shape index (κ2) is 7.93. The van der Waals surface area contributed by atoms with E-state index in [1.165, 1.54) is 0 Å². The van der Waals surface area contributed by atoms with Crippen LogP contribution in [-0.2, 0) is 4.79 Å². The molecule has 0 spiro atoms. The Morgan fingerprint density at radius 3 is 2.38 bits per heavy atom. The van der Waals surface area contributed by atoms with Crippen LogP contribution in [0.25, 0.3) is 0 Å². The third kappa shape index (κ3) is 6.93. The Morgan fingerprint density at radius 1 is 1.75 bits per heavy atom. The molecule has 0 saturated heterocycles. The van der Waals surface area contributed by atoms with Gasteiger partial charge < -0.3 is 7.65 Å². The molecule has 1 nitrogen and oxygen atoms in total. The third-order valence-electron chi connectivity index (χ3n) is 0.976. The summed E-state index contributed by atoms with van der Waals surface area (Å²) in [6.45, 7) is 4.02. The third-order valence-corrected chi connectivity index (χ3v) is 0.976. The van der Waals surface area contributed by atoms with Crippen molar-refractivity contribution in [2.75, 3.05) is 0 Å². The maximum atomic E-state index is 9.89. The van der Waals surface area contributed by atoms with Crippen LogP contribution in [-0.4, -0.2) is 44.0 Å². The van der Waals surface area contributed by atoms with Crippen molar-refractivity contribution in [2.45, 2.75) is 26.7 Å². The summed E-state index contributed by atoms with van der Waals surface area (Å²) >= 11 is 0. The SMILES string of the molecule is CCCC(C)C=O.[Ca+2].[H-].[H-]. The summed E-state index contributed by atoms with van der Waals surface area (Å²) in [5.74, 6) is 0.269. The van der Waals surface area contributed by atoms with Crippen LogP contribution in [0.3, 0.4) is 0 Å². The van der Waals surface area contributed by atoms with E-state index in [2.05, 4.69) is 6.92 Å². The number of carbonyl (C=O) groups excluding carboxylic acids is 1. The molecule has 0 rings (SSSR count). The number of aldehydes is 1. The zero-order valence-electron chi connectivity index (χ0n) is 7.68. The van der Waals surface area contributed by atoms with Gasteiger partial charge in [0.15, 0.2) is 0 Å². The van der Waals surface area contributed by atoms with Crippen LogP contribution in [0.15, 0.2) is 0 Å². The molecule has 0 fully saturated rings. The van der Waals surface area contributed by atoms with E-state index in [-0.39, 0.29) is 46.5 Å². The van der Waals surface area contributed by atoms with Gasteiger partial charge in [0.1, 0.15) is 6.29 Å². The summed E-state index contributed by atoms with van der Waals surface area (Å²) in [5.41, 5.74) is 0. The molecule has 0 aliphatic rings. The molecular formula is C6H14CaO. The summed E-state index contributed by atoms with van der Waals surface area (Å²) in [6.07, 6.45) is 3.15. The van der Waals surface area contributed by atoms with Crippen LogP contribution >= 0.6 is 0 Å². The second-order valence-corrected chi connectivity index (χ2v) is 1.90. The van der Waals surface area contributed by atoms with Crippen molar-refractivity contribution in [3.05, 3.63) is 0 Å². The Labute approximate surface area is 83.8 Å². The molecule has 46 valence electrons. The molecule has 0 aromatic carbocycles. The summed E-state index contributed by atoms with van der Waals surface area (Å²) in [4.78, 5) is 9.89. The summed E-state index contributed by atoms with van der Waals surface area (Å²) < 4.78 is 0. The minimum atomic E-state index is 0. The zero-order valence-corrected chi connectivity index (χ0v) is 7.89. The average Bonchev–Trinajstić information content (AvgIpc) is 1.68. The van der Waals surface area contributed by atoms with E-state index in [9.17, 15) is 4.79 Å². The molecule has 8 heavy (non-hydrogen) atoms. The first-order chi connectivity index (χ1) is 3.31. The number of rotatable bonds is 3. The molecule has 0 aliphatic heterocycles. The molecule has 0 saturated carbocycles. The minimum Gasteiger partial charge on any atom is -1.00 e. The maximum Gasteiger partial charge on any atom is 2.00 e. The van der Waals surface area contributed by atoms with Crippen molar-refractivity contribution in [1.82, 2.24) is 0 Å². The molecule has 0 aromatic rings. The van der Waals surface area contributed by atoms with Crippen LogP contribution in [0, 0.1) is 5.92 Å². The van der Waals surface area contributed by atoms with Gasteiger partial charge in [0.2, 0.25) is 0 Å². The van der Waals surface area contributed by atoms with Crippen LogP contribution < -0.4 is 0 Å². The maximum absolute atomic E-state index is 9.89. The smallest absolute Gasteiger partial charge is 1.00 e. The molecule has 0 bridgehead atoms. The number of hydrogen-bond acceptors (Lipinski definition) is 1. The first-order valence-corrected chi connectivity index (χ1v) is 2.76. The van der Waals surface area contributed by atoms with Gasteiger partial charge >= 0.3 is 37.7 Å². The van der Waals surface area contributed by atoms with E-state index in [4.69, 9.17) is 0 Å². The molecule has 0 N–H and O–H groups in total.